The molecule has 0 aromatic heterocycles. The van der Waals surface area contributed by atoms with Crippen LogP contribution in [0.3, 0.4) is 0 Å². The zero-order chi connectivity index (χ0) is 28.3. The van der Waals surface area contributed by atoms with Crippen molar-refractivity contribution in [2.45, 2.75) is 24.6 Å². The first-order chi connectivity index (χ1) is 19.2. The minimum Gasteiger partial charge on any atom is -0.497 e. The Morgan fingerprint density at radius 1 is 1.05 bits per heavy atom. The number of alkyl halides is 3. The van der Waals surface area contributed by atoms with Crippen LogP contribution in [0, 0.1) is 0 Å². The number of nitrogens with zero attached hydrogens (tertiary/aromatic N) is 2. The molecule has 1 saturated heterocycles. The van der Waals surface area contributed by atoms with Gasteiger partial charge in [0.05, 0.1) is 19.3 Å². The molecular formula is C27H22F3N3O6S. The lowest BCUT2D eigenvalue weighted by atomic mass is 10.1. The molecule has 2 aliphatic heterocycles. The molecular weight excluding hydrogens is 551 g/mol. The van der Waals surface area contributed by atoms with E-state index in [4.69, 9.17) is 14.2 Å². The molecule has 3 aromatic rings. The molecule has 9 nitrogen and oxygen atoms in total. The predicted molar refractivity (Wildman–Crippen MR) is 141 cm³/mol. The van der Waals surface area contributed by atoms with Crippen molar-refractivity contribution in [3.8, 4) is 23.0 Å². The Balaban J connectivity index is 1.35. The normalized spacial score (nSPS) is 17.6. The average molecular weight is 574 g/mol. The third kappa shape index (κ3) is 6.60. The number of ether oxygens (including phenoxy) is 4. The lowest BCUT2D eigenvalue weighted by Gasteiger charge is -2.32. The molecule has 3 aromatic carbocycles. The van der Waals surface area contributed by atoms with Crippen LogP contribution in [-0.4, -0.2) is 47.4 Å². The maximum absolute atomic E-state index is 13.3. The van der Waals surface area contributed by atoms with Crippen LogP contribution in [0.1, 0.15) is 12.0 Å². The molecule has 40 heavy (non-hydrogen) atoms. The molecule has 2 heterocycles. The highest BCUT2D eigenvalue weighted by Gasteiger charge is 2.36. The Labute approximate surface area is 230 Å². The van der Waals surface area contributed by atoms with Gasteiger partial charge in [0.2, 0.25) is 18.6 Å². The molecule has 0 bridgehead atoms. The quantitative estimate of drug-likeness (QED) is 0.400. The molecule has 0 radical (unpaired) electrons. The van der Waals surface area contributed by atoms with E-state index in [2.05, 4.69) is 15.0 Å². The molecule has 0 spiro atoms. The Kier molecular flexibility index (Phi) is 7.74. The zero-order valence-corrected chi connectivity index (χ0v) is 21.8. The minimum atomic E-state index is -4.82. The number of thioether (sulfide) groups is 1. The number of amides is 2. The topological polar surface area (TPSA) is 98.7 Å². The van der Waals surface area contributed by atoms with Gasteiger partial charge in [0.1, 0.15) is 16.7 Å². The summed E-state index contributed by atoms with van der Waals surface area (Å²) in [7, 11) is 1.55. The largest absolute Gasteiger partial charge is 0.573 e. The number of fused-ring (bicyclic) bond motifs is 1. The van der Waals surface area contributed by atoms with Gasteiger partial charge in [-0.3, -0.25) is 14.5 Å². The number of methoxy groups -OCH3 is 1. The number of halogens is 3. The number of hydrogen-bond acceptors (Lipinski definition) is 8. The van der Waals surface area contributed by atoms with Gasteiger partial charge < -0.3 is 24.3 Å². The molecule has 1 N–H and O–H groups in total. The summed E-state index contributed by atoms with van der Waals surface area (Å²) in [6, 6.07) is 17.0. The maximum atomic E-state index is 13.3. The molecule has 0 saturated carbocycles. The van der Waals surface area contributed by atoms with Gasteiger partial charge >= 0.3 is 6.36 Å². The van der Waals surface area contributed by atoms with E-state index in [1.54, 1.807) is 43.5 Å². The van der Waals surface area contributed by atoms with Crippen molar-refractivity contribution in [3.63, 3.8) is 0 Å². The van der Waals surface area contributed by atoms with Crippen molar-refractivity contribution in [1.82, 2.24) is 4.90 Å². The molecule has 2 aliphatic rings. The number of anilines is 1. The number of carbonyl (C=O) groups excluding carboxylic acids is 2. The van der Waals surface area contributed by atoms with E-state index in [1.807, 2.05) is 6.07 Å². The van der Waals surface area contributed by atoms with Crippen LogP contribution in [-0.2, 0) is 16.1 Å². The highest BCUT2D eigenvalue weighted by Crippen LogP contribution is 2.35. The number of benzene rings is 3. The monoisotopic (exact) mass is 573 g/mol. The van der Waals surface area contributed by atoms with Gasteiger partial charge in [0, 0.05) is 12.1 Å². The van der Waals surface area contributed by atoms with Crippen molar-refractivity contribution in [2.75, 3.05) is 19.2 Å². The molecule has 1 fully saturated rings. The van der Waals surface area contributed by atoms with E-state index in [0.29, 0.717) is 28.1 Å². The number of aliphatic imine (C=N–C) groups is 1. The summed E-state index contributed by atoms with van der Waals surface area (Å²) in [6.07, 6.45) is -4.94. The fourth-order valence-electron chi connectivity index (χ4n) is 3.95. The molecule has 0 aliphatic carbocycles. The predicted octanol–water partition coefficient (Wildman–Crippen LogP) is 5.48. The lowest BCUT2D eigenvalue weighted by Crippen LogP contribution is -2.44. The highest BCUT2D eigenvalue weighted by atomic mass is 32.2. The van der Waals surface area contributed by atoms with Gasteiger partial charge in [-0.05, 0) is 66.2 Å². The van der Waals surface area contributed by atoms with Crippen LogP contribution in [0.25, 0.3) is 0 Å². The van der Waals surface area contributed by atoms with Crippen molar-refractivity contribution < 1.29 is 41.7 Å². The van der Waals surface area contributed by atoms with Gasteiger partial charge in [0.25, 0.3) is 0 Å². The summed E-state index contributed by atoms with van der Waals surface area (Å²) < 4.78 is 57.1. The Hall–Kier alpha value is -4.39. The van der Waals surface area contributed by atoms with E-state index < -0.39 is 23.3 Å². The minimum absolute atomic E-state index is 0.113. The van der Waals surface area contributed by atoms with Crippen LogP contribution in [0.4, 0.5) is 24.5 Å². The number of nitrogens with one attached hydrogen (secondary N) is 1. The first-order valence-corrected chi connectivity index (χ1v) is 12.8. The second-order valence-corrected chi connectivity index (χ2v) is 9.80. The fourth-order valence-corrected chi connectivity index (χ4v) is 5.05. The fraction of sp³-hybridized carbons (Fsp3) is 0.222. The van der Waals surface area contributed by atoms with Gasteiger partial charge in [0.15, 0.2) is 16.7 Å². The van der Waals surface area contributed by atoms with Crippen LogP contribution < -0.4 is 24.3 Å². The van der Waals surface area contributed by atoms with Gasteiger partial charge in [-0.1, -0.05) is 17.8 Å². The Morgan fingerprint density at radius 3 is 2.45 bits per heavy atom. The molecule has 13 heteroatoms. The summed E-state index contributed by atoms with van der Waals surface area (Å²) in [6.45, 7) is 0.308. The van der Waals surface area contributed by atoms with Crippen LogP contribution in [0.5, 0.6) is 23.0 Å². The smallest absolute Gasteiger partial charge is 0.497 e. The zero-order valence-electron chi connectivity index (χ0n) is 20.9. The summed E-state index contributed by atoms with van der Waals surface area (Å²) in [5, 5.41) is 2.13. The number of rotatable bonds is 7. The summed E-state index contributed by atoms with van der Waals surface area (Å²) in [5.74, 6) is 0.598. The third-order valence-corrected chi connectivity index (χ3v) is 7.05. The summed E-state index contributed by atoms with van der Waals surface area (Å²) in [5.41, 5.74) is 1.59. The van der Waals surface area contributed by atoms with E-state index in [0.717, 1.165) is 29.5 Å². The van der Waals surface area contributed by atoms with Crippen molar-refractivity contribution >= 4 is 40.1 Å². The van der Waals surface area contributed by atoms with Gasteiger partial charge in [-0.2, -0.15) is 0 Å². The van der Waals surface area contributed by atoms with Crippen molar-refractivity contribution in [2.24, 2.45) is 4.99 Å². The third-order valence-electron chi connectivity index (χ3n) is 5.86. The van der Waals surface area contributed by atoms with Crippen LogP contribution in [0.2, 0.25) is 0 Å². The summed E-state index contributed by atoms with van der Waals surface area (Å²) in [4.78, 5) is 32.6. The number of carbonyl (C=O) groups is 2. The average Bonchev–Trinajstić information content (AvgIpc) is 3.39. The SMILES string of the molecule is COc1ccc(N=C2SC(C(=O)Nc3ccc(OC(F)(F)F)cc3)CC(=O)N2Cc2ccc3c(c2)OCO3)cc1. The first kappa shape index (κ1) is 27.2. The number of hydrogen-bond donors (Lipinski definition) is 1. The lowest BCUT2D eigenvalue weighted by molar-refractivity contribution is -0.274. The molecule has 1 unspecified atom stereocenters. The van der Waals surface area contributed by atoms with Crippen molar-refractivity contribution in [3.05, 3.63) is 72.3 Å². The highest BCUT2D eigenvalue weighted by molar-refractivity contribution is 8.15. The van der Waals surface area contributed by atoms with Crippen LogP contribution in [0.15, 0.2) is 71.7 Å². The van der Waals surface area contributed by atoms with Gasteiger partial charge in [-0.15, -0.1) is 13.2 Å². The second kappa shape index (κ2) is 11.4. The molecule has 5 rings (SSSR count). The Bertz CT molecular complexity index is 1430. The van der Waals surface area contributed by atoms with E-state index in [1.165, 1.54) is 17.0 Å². The van der Waals surface area contributed by atoms with Gasteiger partial charge in [-0.25, -0.2) is 4.99 Å². The van der Waals surface area contributed by atoms with E-state index >= 15 is 0 Å². The Morgan fingerprint density at radius 2 is 1.75 bits per heavy atom. The standard InChI is InChI=1S/C27H22F3N3O6S/c1-36-19-7-3-18(4-8-19)32-26-33(14-16-2-11-21-22(12-16)38-15-37-21)24(34)13-23(40-26)25(35)31-17-5-9-20(10-6-17)39-27(28,29)30/h2-12,23H,13-15H2,1H3,(H,31,35). The molecule has 2 amide bonds. The molecule has 208 valence electrons. The second-order valence-electron chi connectivity index (χ2n) is 8.63. The van der Waals surface area contributed by atoms with E-state index in [9.17, 15) is 22.8 Å². The molecule has 1 atom stereocenters. The summed E-state index contributed by atoms with van der Waals surface area (Å²) >= 11 is 1.11. The van der Waals surface area contributed by atoms with Crippen molar-refractivity contribution in [1.29, 1.82) is 0 Å². The number of amidine groups is 1. The van der Waals surface area contributed by atoms with E-state index in [-0.39, 0.29) is 31.4 Å². The maximum Gasteiger partial charge on any atom is 0.573 e. The first-order valence-electron chi connectivity index (χ1n) is 11.9. The van der Waals surface area contributed by atoms with Crippen LogP contribution >= 0.6 is 11.8 Å².